The van der Waals surface area contributed by atoms with Gasteiger partial charge in [0.05, 0.1) is 24.3 Å². The number of hydrogen-bond acceptors (Lipinski definition) is 4. The van der Waals surface area contributed by atoms with Gasteiger partial charge >= 0.3 is 0 Å². The minimum Gasteiger partial charge on any atom is -0.493 e. The van der Waals surface area contributed by atoms with Crippen molar-refractivity contribution in [1.29, 1.82) is 5.26 Å². The molecule has 5 nitrogen and oxygen atoms in total. The third-order valence-corrected chi connectivity index (χ3v) is 4.75. The Morgan fingerprint density at radius 2 is 1.97 bits per heavy atom. The molecule has 0 fully saturated rings. The molecule has 0 aliphatic carbocycles. The molecule has 2 rings (SSSR count). The van der Waals surface area contributed by atoms with Gasteiger partial charge in [-0.1, -0.05) is 48.9 Å². The molecule has 0 spiro atoms. The van der Waals surface area contributed by atoms with Crippen LogP contribution in [-0.4, -0.2) is 19.1 Å². The highest BCUT2D eigenvalue weighted by atomic mass is 35.5. The molecule has 152 valence electrons. The number of carbonyl (C=O) groups is 1. The van der Waals surface area contributed by atoms with Gasteiger partial charge in [0, 0.05) is 0 Å². The molecule has 0 unspecified atom stereocenters. The number of hydrogen-bond donors (Lipinski definition) is 1. The average molecular weight is 413 g/mol. The van der Waals surface area contributed by atoms with E-state index in [4.69, 9.17) is 21.1 Å². The van der Waals surface area contributed by atoms with Crippen molar-refractivity contribution in [1.82, 2.24) is 5.32 Å². The fourth-order valence-corrected chi connectivity index (χ4v) is 2.90. The van der Waals surface area contributed by atoms with Crippen LogP contribution in [0.1, 0.15) is 44.4 Å². The number of rotatable bonds is 8. The fraction of sp³-hybridized carbons (Fsp3) is 0.304. The summed E-state index contributed by atoms with van der Waals surface area (Å²) >= 11 is 6.37. The summed E-state index contributed by atoms with van der Waals surface area (Å²) in [6.07, 6.45) is 2.27. The third kappa shape index (κ3) is 6.00. The van der Waals surface area contributed by atoms with Gasteiger partial charge in [0.2, 0.25) is 0 Å². The zero-order chi connectivity index (χ0) is 21.4. The van der Waals surface area contributed by atoms with Crippen LogP contribution in [0.2, 0.25) is 5.02 Å². The Balaban J connectivity index is 2.26. The quantitative estimate of drug-likeness (QED) is 0.471. The molecule has 0 radical (unpaired) electrons. The summed E-state index contributed by atoms with van der Waals surface area (Å²) in [4.78, 5) is 12.6. The first-order valence-corrected chi connectivity index (χ1v) is 9.79. The van der Waals surface area contributed by atoms with E-state index in [-0.39, 0.29) is 17.7 Å². The number of halogens is 1. The second-order valence-corrected chi connectivity index (χ2v) is 7.05. The van der Waals surface area contributed by atoms with Gasteiger partial charge in [0.25, 0.3) is 5.91 Å². The highest BCUT2D eigenvalue weighted by molar-refractivity contribution is 6.32. The molecule has 0 aliphatic heterocycles. The summed E-state index contributed by atoms with van der Waals surface area (Å²) in [7, 11) is 1.52. The van der Waals surface area contributed by atoms with E-state index in [0.717, 1.165) is 12.0 Å². The molecular weight excluding hydrogens is 388 g/mol. The lowest BCUT2D eigenvalue weighted by Gasteiger charge is -2.17. The molecule has 6 heteroatoms. The lowest BCUT2D eigenvalue weighted by Crippen LogP contribution is -2.27. The lowest BCUT2D eigenvalue weighted by molar-refractivity contribution is -0.117. The summed E-state index contributed by atoms with van der Waals surface area (Å²) in [5, 5.41) is 12.7. The minimum atomic E-state index is -0.459. The topological polar surface area (TPSA) is 71.3 Å². The first-order valence-electron chi connectivity index (χ1n) is 9.41. The maximum Gasteiger partial charge on any atom is 0.262 e. The largest absolute Gasteiger partial charge is 0.493 e. The second-order valence-electron chi connectivity index (χ2n) is 6.65. The van der Waals surface area contributed by atoms with E-state index >= 15 is 0 Å². The van der Waals surface area contributed by atoms with Crippen LogP contribution in [0.25, 0.3) is 6.08 Å². The first kappa shape index (κ1) is 22.3. The average Bonchev–Trinajstić information content (AvgIpc) is 2.73. The first-order chi connectivity index (χ1) is 13.9. The molecule has 0 saturated carbocycles. The van der Waals surface area contributed by atoms with Gasteiger partial charge in [-0.15, -0.1) is 0 Å². The smallest absolute Gasteiger partial charge is 0.262 e. The number of nitriles is 1. The molecule has 0 aromatic heterocycles. The SMILES string of the molecule is CC[C@@H](C)Oc1c(Cl)cc(/C=C(/C#N)C(=O)N[C@@H](C)c2ccccc2)cc1OC. The fourth-order valence-electron chi connectivity index (χ4n) is 2.64. The van der Waals surface area contributed by atoms with Crippen molar-refractivity contribution in [2.24, 2.45) is 0 Å². The van der Waals surface area contributed by atoms with E-state index < -0.39 is 5.91 Å². The molecule has 2 aromatic rings. The van der Waals surface area contributed by atoms with E-state index in [1.165, 1.54) is 13.2 Å². The molecule has 2 atom stereocenters. The van der Waals surface area contributed by atoms with Crippen LogP contribution in [0.5, 0.6) is 11.5 Å². The van der Waals surface area contributed by atoms with Crippen LogP contribution in [-0.2, 0) is 4.79 Å². The normalized spacial score (nSPS) is 13.2. The van der Waals surface area contributed by atoms with E-state index in [2.05, 4.69) is 5.32 Å². The number of benzene rings is 2. The monoisotopic (exact) mass is 412 g/mol. The molecule has 29 heavy (non-hydrogen) atoms. The molecule has 2 aromatic carbocycles. The van der Waals surface area contributed by atoms with Gasteiger partial charge in [-0.05, 0) is 49.6 Å². The minimum absolute atomic E-state index is 0.0253. The zero-order valence-electron chi connectivity index (χ0n) is 17.0. The molecule has 1 N–H and O–H groups in total. The van der Waals surface area contributed by atoms with Crippen LogP contribution in [0.4, 0.5) is 0 Å². The number of nitrogens with zero attached hydrogens (tertiary/aromatic N) is 1. The van der Waals surface area contributed by atoms with E-state index in [0.29, 0.717) is 22.1 Å². The van der Waals surface area contributed by atoms with Gasteiger partial charge in [-0.25, -0.2) is 0 Å². The van der Waals surface area contributed by atoms with Crippen molar-refractivity contribution < 1.29 is 14.3 Å². The summed E-state index contributed by atoms with van der Waals surface area (Å²) < 4.78 is 11.2. The molecule has 0 aliphatic rings. The molecule has 1 amide bonds. The number of ether oxygens (including phenoxy) is 2. The Morgan fingerprint density at radius 1 is 1.28 bits per heavy atom. The van der Waals surface area contributed by atoms with Crippen molar-refractivity contribution in [2.75, 3.05) is 7.11 Å². The lowest BCUT2D eigenvalue weighted by atomic mass is 10.1. The second kappa shape index (κ2) is 10.5. The van der Waals surface area contributed by atoms with Crippen molar-refractivity contribution in [3.05, 3.63) is 64.2 Å². The van der Waals surface area contributed by atoms with Crippen LogP contribution in [0.15, 0.2) is 48.0 Å². The summed E-state index contributed by atoms with van der Waals surface area (Å²) in [6, 6.07) is 14.6. The van der Waals surface area contributed by atoms with Crippen molar-refractivity contribution in [2.45, 2.75) is 39.3 Å². The zero-order valence-corrected chi connectivity index (χ0v) is 17.8. The summed E-state index contributed by atoms with van der Waals surface area (Å²) in [5.41, 5.74) is 1.50. The van der Waals surface area contributed by atoms with Crippen LogP contribution < -0.4 is 14.8 Å². The van der Waals surface area contributed by atoms with Gasteiger partial charge in [-0.3, -0.25) is 4.79 Å². The van der Waals surface area contributed by atoms with Crippen molar-refractivity contribution in [3.63, 3.8) is 0 Å². The van der Waals surface area contributed by atoms with Crippen LogP contribution in [0.3, 0.4) is 0 Å². The number of amides is 1. The standard InChI is InChI=1S/C23H25ClN2O3/c1-5-15(2)29-22-20(24)12-17(13-21(22)28-4)11-19(14-25)23(27)26-16(3)18-9-7-6-8-10-18/h6-13,15-16H,5H2,1-4H3,(H,26,27)/b19-11-/t15-,16+/m1/s1. The van der Waals surface area contributed by atoms with Crippen LogP contribution >= 0.6 is 11.6 Å². The molecular formula is C23H25ClN2O3. The Kier molecular flexibility index (Phi) is 8.11. The number of nitrogens with one attached hydrogen (secondary N) is 1. The Bertz CT molecular complexity index is 920. The maximum atomic E-state index is 12.6. The van der Waals surface area contributed by atoms with Crippen molar-refractivity contribution in [3.8, 4) is 17.6 Å². The Hall–Kier alpha value is -2.97. The molecule has 0 saturated heterocycles. The molecule has 0 heterocycles. The Morgan fingerprint density at radius 3 is 2.55 bits per heavy atom. The van der Waals surface area contributed by atoms with E-state index in [9.17, 15) is 10.1 Å². The van der Waals surface area contributed by atoms with Gasteiger partial charge in [0.1, 0.15) is 11.6 Å². The molecule has 0 bridgehead atoms. The predicted octanol–water partition coefficient (Wildman–Crippen LogP) is 5.31. The summed E-state index contributed by atoms with van der Waals surface area (Å²) in [6.45, 7) is 5.81. The van der Waals surface area contributed by atoms with Gasteiger partial charge < -0.3 is 14.8 Å². The van der Waals surface area contributed by atoms with Crippen molar-refractivity contribution >= 4 is 23.6 Å². The highest BCUT2D eigenvalue weighted by Crippen LogP contribution is 2.38. The number of methoxy groups -OCH3 is 1. The van der Waals surface area contributed by atoms with Crippen LogP contribution in [0, 0.1) is 11.3 Å². The van der Waals surface area contributed by atoms with Gasteiger partial charge in [0.15, 0.2) is 11.5 Å². The maximum absolute atomic E-state index is 12.6. The van der Waals surface area contributed by atoms with E-state index in [1.54, 1.807) is 12.1 Å². The van der Waals surface area contributed by atoms with Gasteiger partial charge in [-0.2, -0.15) is 5.26 Å². The predicted molar refractivity (Wildman–Crippen MR) is 115 cm³/mol. The summed E-state index contributed by atoms with van der Waals surface area (Å²) in [5.74, 6) is 0.430. The Labute approximate surface area is 176 Å². The van der Waals surface area contributed by atoms with E-state index in [1.807, 2.05) is 57.2 Å². The number of carbonyl (C=O) groups excluding carboxylic acids is 1. The third-order valence-electron chi connectivity index (χ3n) is 4.47. The highest BCUT2D eigenvalue weighted by Gasteiger charge is 2.17.